The molecule has 1 aromatic carbocycles. The minimum Gasteiger partial charge on any atom is -0.491 e. The van der Waals surface area contributed by atoms with E-state index in [2.05, 4.69) is 0 Å². The van der Waals surface area contributed by atoms with Crippen molar-refractivity contribution in [3.05, 3.63) is 30.1 Å². The van der Waals surface area contributed by atoms with Crippen LogP contribution in [0.4, 0.5) is 4.39 Å². The molecule has 0 aliphatic carbocycles. The normalized spacial score (nSPS) is 13.9. The van der Waals surface area contributed by atoms with Crippen LogP contribution in [0.5, 0.6) is 5.75 Å². The fraction of sp³-hybridized carbons (Fsp3) is 0.462. The van der Waals surface area contributed by atoms with Gasteiger partial charge in [0.15, 0.2) is 11.6 Å². The van der Waals surface area contributed by atoms with E-state index in [-0.39, 0.29) is 12.4 Å². The van der Waals surface area contributed by atoms with Gasteiger partial charge < -0.3 is 15.6 Å². The van der Waals surface area contributed by atoms with Crippen molar-refractivity contribution in [3.63, 3.8) is 0 Å². The van der Waals surface area contributed by atoms with Gasteiger partial charge in [-0.25, -0.2) is 4.39 Å². The highest BCUT2D eigenvalue weighted by atomic mass is 19.1. The molecular formula is C13H18FNO3. The fourth-order valence-electron chi connectivity index (χ4n) is 1.57. The Balaban J connectivity index is 2.39. The number of benzene rings is 1. The van der Waals surface area contributed by atoms with Crippen LogP contribution in [0.1, 0.15) is 26.2 Å². The van der Waals surface area contributed by atoms with Gasteiger partial charge in [-0.2, -0.15) is 0 Å². The SMILES string of the molecule is CCC(N)(CCCOc1ccccc1F)C(=O)O. The molecule has 0 aliphatic heterocycles. The zero-order valence-electron chi connectivity index (χ0n) is 10.4. The third-order valence-corrected chi connectivity index (χ3v) is 2.92. The monoisotopic (exact) mass is 255 g/mol. The molecule has 0 bridgehead atoms. The lowest BCUT2D eigenvalue weighted by Gasteiger charge is -2.22. The largest absolute Gasteiger partial charge is 0.491 e. The van der Waals surface area contributed by atoms with Gasteiger partial charge in [-0.15, -0.1) is 0 Å². The lowest BCUT2D eigenvalue weighted by molar-refractivity contribution is -0.143. The van der Waals surface area contributed by atoms with E-state index in [4.69, 9.17) is 15.6 Å². The molecule has 0 amide bonds. The van der Waals surface area contributed by atoms with E-state index in [0.29, 0.717) is 19.3 Å². The van der Waals surface area contributed by atoms with Crippen molar-refractivity contribution in [2.45, 2.75) is 31.7 Å². The summed E-state index contributed by atoms with van der Waals surface area (Å²) in [5.41, 5.74) is 4.50. The highest BCUT2D eigenvalue weighted by Gasteiger charge is 2.30. The number of nitrogens with two attached hydrogens (primary N) is 1. The number of carbonyl (C=O) groups is 1. The summed E-state index contributed by atoms with van der Waals surface area (Å²) in [6.45, 7) is 1.97. The van der Waals surface area contributed by atoms with E-state index >= 15 is 0 Å². The Bertz CT molecular complexity index is 411. The summed E-state index contributed by atoms with van der Waals surface area (Å²) in [5, 5.41) is 8.97. The third-order valence-electron chi connectivity index (χ3n) is 2.92. The van der Waals surface area contributed by atoms with Crippen molar-refractivity contribution < 1.29 is 19.0 Å². The molecule has 0 fully saturated rings. The molecule has 1 aromatic rings. The predicted octanol–water partition coefficient (Wildman–Crippen LogP) is 2.18. The second kappa shape index (κ2) is 6.35. The summed E-state index contributed by atoms with van der Waals surface area (Å²) in [6, 6.07) is 6.09. The fourth-order valence-corrected chi connectivity index (χ4v) is 1.57. The Hall–Kier alpha value is -1.62. The van der Waals surface area contributed by atoms with Crippen molar-refractivity contribution in [1.29, 1.82) is 0 Å². The van der Waals surface area contributed by atoms with Crippen LogP contribution in [0.3, 0.4) is 0 Å². The Kier molecular flexibility index (Phi) is 5.09. The summed E-state index contributed by atoms with van der Waals surface area (Å²) in [6.07, 6.45) is 1.11. The maximum atomic E-state index is 13.2. The molecule has 0 aromatic heterocycles. The highest BCUT2D eigenvalue weighted by Crippen LogP contribution is 2.18. The molecule has 4 nitrogen and oxygen atoms in total. The highest BCUT2D eigenvalue weighted by molar-refractivity contribution is 5.78. The average molecular weight is 255 g/mol. The molecule has 0 spiro atoms. The number of rotatable bonds is 7. The molecule has 0 aliphatic rings. The van der Waals surface area contributed by atoms with Crippen LogP contribution >= 0.6 is 0 Å². The topological polar surface area (TPSA) is 72.5 Å². The van der Waals surface area contributed by atoms with Crippen LogP contribution in [-0.2, 0) is 4.79 Å². The van der Waals surface area contributed by atoms with Crippen LogP contribution in [0.15, 0.2) is 24.3 Å². The van der Waals surface area contributed by atoms with Crippen molar-refractivity contribution in [2.24, 2.45) is 5.73 Å². The van der Waals surface area contributed by atoms with Gasteiger partial charge in [0, 0.05) is 0 Å². The summed E-state index contributed by atoms with van der Waals surface area (Å²) < 4.78 is 18.4. The van der Waals surface area contributed by atoms with E-state index in [0.717, 1.165) is 0 Å². The first kappa shape index (κ1) is 14.4. The number of halogens is 1. The van der Waals surface area contributed by atoms with Gasteiger partial charge in [-0.05, 0) is 31.4 Å². The molecule has 3 N–H and O–H groups in total. The maximum absolute atomic E-state index is 13.2. The van der Waals surface area contributed by atoms with Crippen LogP contribution < -0.4 is 10.5 Å². The number of para-hydroxylation sites is 1. The van der Waals surface area contributed by atoms with Gasteiger partial charge >= 0.3 is 5.97 Å². The van der Waals surface area contributed by atoms with Crippen LogP contribution in [0, 0.1) is 5.82 Å². The van der Waals surface area contributed by atoms with Gasteiger partial charge in [0.2, 0.25) is 0 Å². The van der Waals surface area contributed by atoms with E-state index < -0.39 is 17.3 Å². The van der Waals surface area contributed by atoms with E-state index in [9.17, 15) is 9.18 Å². The zero-order chi connectivity index (χ0) is 13.6. The number of ether oxygens (including phenoxy) is 1. The lowest BCUT2D eigenvalue weighted by atomic mass is 9.92. The van der Waals surface area contributed by atoms with Gasteiger partial charge in [0.05, 0.1) is 6.61 Å². The summed E-state index contributed by atoms with van der Waals surface area (Å²) >= 11 is 0. The third kappa shape index (κ3) is 3.70. The molecule has 0 heterocycles. The Morgan fingerprint density at radius 1 is 1.50 bits per heavy atom. The minimum absolute atomic E-state index is 0.173. The molecule has 1 atom stereocenters. The first-order valence-electron chi connectivity index (χ1n) is 5.89. The molecule has 5 heteroatoms. The number of aliphatic carboxylic acids is 1. The predicted molar refractivity (Wildman–Crippen MR) is 66.0 cm³/mol. The number of carboxylic acid groups (broad SMARTS) is 1. The second-order valence-corrected chi connectivity index (χ2v) is 4.20. The number of hydrogen-bond donors (Lipinski definition) is 2. The summed E-state index contributed by atoms with van der Waals surface area (Å²) in [5.74, 6) is -1.27. The zero-order valence-corrected chi connectivity index (χ0v) is 10.4. The Morgan fingerprint density at radius 2 is 2.17 bits per heavy atom. The summed E-state index contributed by atoms with van der Waals surface area (Å²) in [7, 11) is 0. The van der Waals surface area contributed by atoms with Crippen molar-refractivity contribution in [2.75, 3.05) is 6.61 Å². The molecule has 100 valence electrons. The summed E-state index contributed by atoms with van der Waals surface area (Å²) in [4.78, 5) is 10.9. The van der Waals surface area contributed by atoms with Gasteiger partial charge in [-0.1, -0.05) is 19.1 Å². The number of hydrogen-bond acceptors (Lipinski definition) is 3. The smallest absolute Gasteiger partial charge is 0.323 e. The number of carboxylic acids is 1. The first-order chi connectivity index (χ1) is 8.49. The van der Waals surface area contributed by atoms with Gasteiger partial charge in [0.1, 0.15) is 5.54 Å². The van der Waals surface area contributed by atoms with Crippen LogP contribution in [0.2, 0.25) is 0 Å². The second-order valence-electron chi connectivity index (χ2n) is 4.20. The Labute approximate surface area is 106 Å². The molecule has 0 saturated heterocycles. The Morgan fingerprint density at radius 3 is 2.72 bits per heavy atom. The maximum Gasteiger partial charge on any atom is 0.323 e. The van der Waals surface area contributed by atoms with E-state index in [1.54, 1.807) is 19.1 Å². The molecule has 18 heavy (non-hydrogen) atoms. The standard InChI is InChI=1S/C13H18FNO3/c1-2-13(15,12(16)17)8-5-9-18-11-7-4-3-6-10(11)14/h3-4,6-7H,2,5,8-9,15H2,1H3,(H,16,17). The molecular weight excluding hydrogens is 237 g/mol. The van der Waals surface area contributed by atoms with Gasteiger partial charge in [0.25, 0.3) is 0 Å². The average Bonchev–Trinajstić information content (AvgIpc) is 2.36. The quantitative estimate of drug-likeness (QED) is 0.732. The van der Waals surface area contributed by atoms with Crippen molar-refractivity contribution in [3.8, 4) is 5.75 Å². The van der Waals surface area contributed by atoms with Crippen LogP contribution in [-0.4, -0.2) is 23.2 Å². The van der Waals surface area contributed by atoms with E-state index in [1.807, 2.05) is 0 Å². The lowest BCUT2D eigenvalue weighted by Crippen LogP contribution is -2.47. The minimum atomic E-state index is -1.22. The van der Waals surface area contributed by atoms with Gasteiger partial charge in [-0.3, -0.25) is 4.79 Å². The molecule has 1 unspecified atom stereocenters. The van der Waals surface area contributed by atoms with Crippen molar-refractivity contribution in [1.82, 2.24) is 0 Å². The molecule has 0 saturated carbocycles. The van der Waals surface area contributed by atoms with E-state index in [1.165, 1.54) is 12.1 Å². The molecule has 0 radical (unpaired) electrons. The van der Waals surface area contributed by atoms with Crippen LogP contribution in [0.25, 0.3) is 0 Å². The molecule has 1 rings (SSSR count). The van der Waals surface area contributed by atoms with Crippen molar-refractivity contribution >= 4 is 5.97 Å². The first-order valence-corrected chi connectivity index (χ1v) is 5.89.